The second kappa shape index (κ2) is 3.09. The Bertz CT molecular complexity index is 131. The average molecular weight is 158 g/mol. The highest BCUT2D eigenvalue weighted by Gasteiger charge is 2.24. The summed E-state index contributed by atoms with van der Waals surface area (Å²) in [6.07, 6.45) is 0.771. The molecule has 66 valence electrons. The smallest absolute Gasteiger partial charge is 0.0679 e. The highest BCUT2D eigenvalue weighted by atomic mass is 16.3. The van der Waals surface area contributed by atoms with Crippen molar-refractivity contribution in [3.8, 4) is 0 Å². The zero-order valence-corrected chi connectivity index (χ0v) is 7.38. The Balaban J connectivity index is 2.29. The Kier molecular flexibility index (Phi) is 2.52. The fraction of sp³-hybridized carbons (Fsp3) is 1.00. The van der Waals surface area contributed by atoms with Crippen LogP contribution in [-0.4, -0.2) is 41.3 Å². The molecule has 1 aliphatic heterocycles. The van der Waals surface area contributed by atoms with Crippen LogP contribution in [0.3, 0.4) is 0 Å². The van der Waals surface area contributed by atoms with Gasteiger partial charge in [-0.15, -0.1) is 0 Å². The summed E-state index contributed by atoms with van der Waals surface area (Å²) in [6, 6.07) is 0. The van der Waals surface area contributed by atoms with Gasteiger partial charge in [0.15, 0.2) is 0 Å². The Labute approximate surface area is 68.2 Å². The highest BCUT2D eigenvalue weighted by Crippen LogP contribution is 2.11. The number of hydrogen-bond acceptors (Lipinski definition) is 3. The third-order valence-electron chi connectivity index (χ3n) is 1.88. The number of aliphatic hydroxyl groups is 1. The second-order valence-electron chi connectivity index (χ2n) is 4.17. The first kappa shape index (κ1) is 8.97. The van der Waals surface area contributed by atoms with Crippen molar-refractivity contribution in [2.45, 2.75) is 31.9 Å². The molecule has 0 aromatic rings. The number of rotatable bonds is 2. The van der Waals surface area contributed by atoms with Gasteiger partial charge in [0, 0.05) is 25.2 Å². The third-order valence-corrected chi connectivity index (χ3v) is 1.88. The third kappa shape index (κ3) is 3.18. The van der Waals surface area contributed by atoms with Gasteiger partial charge in [-0.2, -0.15) is 0 Å². The molecule has 1 heterocycles. The van der Waals surface area contributed by atoms with E-state index in [1.165, 1.54) is 0 Å². The summed E-state index contributed by atoms with van der Waals surface area (Å²) in [5.41, 5.74) is 5.70. The Morgan fingerprint density at radius 1 is 1.64 bits per heavy atom. The van der Waals surface area contributed by atoms with Gasteiger partial charge in [-0.05, 0) is 20.3 Å². The number of nitrogens with two attached hydrogens (primary N) is 1. The number of nitrogens with zero attached hydrogens (tertiary/aromatic N) is 1. The maximum absolute atomic E-state index is 9.21. The van der Waals surface area contributed by atoms with E-state index in [2.05, 4.69) is 4.90 Å². The molecule has 3 N–H and O–H groups in total. The molecule has 0 aromatic heterocycles. The lowest BCUT2D eigenvalue weighted by Crippen LogP contribution is -2.44. The van der Waals surface area contributed by atoms with Crippen LogP contribution in [0.5, 0.6) is 0 Å². The van der Waals surface area contributed by atoms with Crippen LogP contribution >= 0.6 is 0 Å². The first-order valence-electron chi connectivity index (χ1n) is 4.17. The van der Waals surface area contributed by atoms with Crippen LogP contribution in [0.15, 0.2) is 0 Å². The van der Waals surface area contributed by atoms with E-state index in [1.807, 2.05) is 13.8 Å². The molecule has 0 radical (unpaired) electrons. The second-order valence-corrected chi connectivity index (χ2v) is 4.17. The molecular formula is C8H18N2O. The molecule has 0 bridgehead atoms. The van der Waals surface area contributed by atoms with Crippen LogP contribution in [0.25, 0.3) is 0 Å². The van der Waals surface area contributed by atoms with Crippen LogP contribution in [0.1, 0.15) is 20.3 Å². The SMILES string of the molecule is CC(C)(N)CN1CC[C@H](O)C1. The monoisotopic (exact) mass is 158 g/mol. The largest absolute Gasteiger partial charge is 0.392 e. The van der Waals surface area contributed by atoms with E-state index < -0.39 is 0 Å². The molecule has 0 saturated carbocycles. The van der Waals surface area contributed by atoms with Gasteiger partial charge in [-0.1, -0.05) is 0 Å². The summed E-state index contributed by atoms with van der Waals surface area (Å²) < 4.78 is 0. The minimum atomic E-state index is -0.135. The number of β-amino-alcohol motifs (C(OH)–C–C–N with tert-alkyl or cyclic N) is 1. The Hall–Kier alpha value is -0.120. The summed E-state index contributed by atoms with van der Waals surface area (Å²) in [6.45, 7) is 6.68. The maximum Gasteiger partial charge on any atom is 0.0679 e. The van der Waals surface area contributed by atoms with Crippen LogP contribution < -0.4 is 5.73 Å². The fourth-order valence-corrected chi connectivity index (χ4v) is 1.53. The number of hydrogen-bond donors (Lipinski definition) is 2. The molecular weight excluding hydrogens is 140 g/mol. The van der Waals surface area contributed by atoms with Gasteiger partial charge >= 0.3 is 0 Å². The van der Waals surface area contributed by atoms with Crippen molar-refractivity contribution in [2.75, 3.05) is 19.6 Å². The van der Waals surface area contributed by atoms with Gasteiger partial charge in [-0.3, -0.25) is 4.90 Å². The number of likely N-dealkylation sites (tertiary alicyclic amines) is 1. The minimum Gasteiger partial charge on any atom is -0.392 e. The standard InChI is InChI=1S/C8H18N2O/c1-8(2,9)6-10-4-3-7(11)5-10/h7,11H,3-6,9H2,1-2H3/t7-/m0/s1. The van der Waals surface area contributed by atoms with Crippen molar-refractivity contribution >= 4 is 0 Å². The van der Waals surface area contributed by atoms with Gasteiger partial charge in [-0.25, -0.2) is 0 Å². The van der Waals surface area contributed by atoms with Gasteiger partial charge in [0.1, 0.15) is 0 Å². The van der Waals surface area contributed by atoms with E-state index in [-0.39, 0.29) is 11.6 Å². The molecule has 1 rings (SSSR count). The van der Waals surface area contributed by atoms with E-state index in [1.54, 1.807) is 0 Å². The Morgan fingerprint density at radius 3 is 2.64 bits per heavy atom. The molecule has 1 fully saturated rings. The molecule has 0 amide bonds. The summed E-state index contributed by atoms with van der Waals surface area (Å²) in [5, 5.41) is 9.21. The van der Waals surface area contributed by atoms with Crippen molar-refractivity contribution < 1.29 is 5.11 Å². The summed E-state index contributed by atoms with van der Waals surface area (Å²) in [4.78, 5) is 2.21. The van der Waals surface area contributed by atoms with Crippen LogP contribution in [-0.2, 0) is 0 Å². The molecule has 3 nitrogen and oxygen atoms in total. The van der Waals surface area contributed by atoms with Gasteiger partial charge in [0.2, 0.25) is 0 Å². The zero-order valence-electron chi connectivity index (χ0n) is 7.38. The van der Waals surface area contributed by atoms with Crippen LogP contribution in [0.4, 0.5) is 0 Å². The molecule has 0 aromatic carbocycles. The summed E-state index contributed by atoms with van der Waals surface area (Å²) in [7, 11) is 0. The topological polar surface area (TPSA) is 49.5 Å². The van der Waals surface area contributed by atoms with E-state index >= 15 is 0 Å². The highest BCUT2D eigenvalue weighted by molar-refractivity contribution is 4.82. The lowest BCUT2D eigenvalue weighted by molar-refractivity contribution is 0.169. The zero-order chi connectivity index (χ0) is 8.48. The summed E-state index contributed by atoms with van der Waals surface area (Å²) in [5.74, 6) is 0. The fourth-order valence-electron chi connectivity index (χ4n) is 1.53. The van der Waals surface area contributed by atoms with Gasteiger partial charge < -0.3 is 10.8 Å². The molecule has 1 atom stereocenters. The average Bonchev–Trinajstić information content (AvgIpc) is 2.10. The predicted octanol–water partition coefficient (Wildman–Crippen LogP) is -0.210. The Morgan fingerprint density at radius 2 is 2.27 bits per heavy atom. The molecule has 3 heteroatoms. The molecule has 11 heavy (non-hydrogen) atoms. The van der Waals surface area contributed by atoms with Crippen molar-refractivity contribution in [3.05, 3.63) is 0 Å². The first-order chi connectivity index (χ1) is 4.97. The lowest BCUT2D eigenvalue weighted by Gasteiger charge is -2.25. The molecule has 1 saturated heterocycles. The van der Waals surface area contributed by atoms with Crippen molar-refractivity contribution in [1.29, 1.82) is 0 Å². The maximum atomic E-state index is 9.21. The first-order valence-corrected chi connectivity index (χ1v) is 4.17. The normalized spacial score (nSPS) is 27.8. The van der Waals surface area contributed by atoms with Crippen molar-refractivity contribution in [3.63, 3.8) is 0 Å². The number of aliphatic hydroxyl groups excluding tert-OH is 1. The molecule has 1 aliphatic rings. The van der Waals surface area contributed by atoms with E-state index in [9.17, 15) is 5.11 Å². The van der Waals surface area contributed by atoms with E-state index in [4.69, 9.17) is 5.73 Å². The molecule has 0 aliphatic carbocycles. The van der Waals surface area contributed by atoms with Gasteiger partial charge in [0.05, 0.1) is 6.10 Å². The van der Waals surface area contributed by atoms with Crippen molar-refractivity contribution in [2.24, 2.45) is 5.73 Å². The minimum absolute atomic E-state index is 0.127. The van der Waals surface area contributed by atoms with Crippen LogP contribution in [0, 0.1) is 0 Å². The van der Waals surface area contributed by atoms with E-state index in [0.29, 0.717) is 0 Å². The molecule has 0 spiro atoms. The van der Waals surface area contributed by atoms with E-state index in [0.717, 1.165) is 26.1 Å². The van der Waals surface area contributed by atoms with Gasteiger partial charge in [0.25, 0.3) is 0 Å². The predicted molar refractivity (Wildman–Crippen MR) is 45.3 cm³/mol. The van der Waals surface area contributed by atoms with Crippen molar-refractivity contribution in [1.82, 2.24) is 4.90 Å². The summed E-state index contributed by atoms with van der Waals surface area (Å²) >= 11 is 0. The molecule has 0 unspecified atom stereocenters. The van der Waals surface area contributed by atoms with Crippen LogP contribution in [0.2, 0.25) is 0 Å². The quantitative estimate of drug-likeness (QED) is 0.584. The lowest BCUT2D eigenvalue weighted by atomic mass is 10.1.